The van der Waals surface area contributed by atoms with Gasteiger partial charge in [0.05, 0.1) is 18.7 Å². The molecule has 0 atom stereocenters. The third kappa shape index (κ3) is 3.75. The molecule has 3 heterocycles. The molecule has 1 saturated carbocycles. The SMILES string of the molecule is CN(C(=O)c1n[nH]c2c1CN(C(=O)c1cc3c(F)cccc3[nH]1)CC2)C1(COC(F)F)CC1. The zero-order valence-corrected chi connectivity index (χ0v) is 17.8. The summed E-state index contributed by atoms with van der Waals surface area (Å²) in [5.74, 6) is -1.14. The molecule has 2 amide bonds. The fourth-order valence-corrected chi connectivity index (χ4v) is 4.36. The maximum atomic E-state index is 14.0. The number of carbonyl (C=O) groups excluding carboxylic acids is 2. The third-order valence-electron chi connectivity index (χ3n) is 6.59. The van der Waals surface area contributed by atoms with E-state index in [-0.39, 0.29) is 30.4 Å². The molecule has 2 aromatic heterocycles. The van der Waals surface area contributed by atoms with E-state index >= 15 is 0 Å². The van der Waals surface area contributed by atoms with Gasteiger partial charge in [-0.15, -0.1) is 0 Å². The highest BCUT2D eigenvalue weighted by molar-refractivity contribution is 5.99. The van der Waals surface area contributed by atoms with Crippen LogP contribution < -0.4 is 0 Å². The topological polar surface area (TPSA) is 94.3 Å². The number of H-pyrrole nitrogens is 2. The maximum absolute atomic E-state index is 14.0. The monoisotopic (exact) mass is 461 g/mol. The summed E-state index contributed by atoms with van der Waals surface area (Å²) in [6, 6.07) is 6.07. The zero-order chi connectivity index (χ0) is 23.3. The normalized spacial score (nSPS) is 16.8. The van der Waals surface area contributed by atoms with Crippen molar-refractivity contribution in [3.63, 3.8) is 0 Å². The van der Waals surface area contributed by atoms with Gasteiger partial charge in [-0.2, -0.15) is 13.9 Å². The Morgan fingerprint density at radius 2 is 2.12 bits per heavy atom. The van der Waals surface area contributed by atoms with Crippen LogP contribution in [0.4, 0.5) is 13.2 Å². The number of aromatic nitrogens is 3. The van der Waals surface area contributed by atoms with Crippen molar-refractivity contribution in [1.29, 1.82) is 0 Å². The number of amides is 2. The van der Waals surface area contributed by atoms with Crippen LogP contribution >= 0.6 is 0 Å². The highest BCUT2D eigenvalue weighted by atomic mass is 19.3. The van der Waals surface area contributed by atoms with E-state index in [2.05, 4.69) is 19.9 Å². The Bertz CT molecular complexity index is 1230. The Morgan fingerprint density at radius 3 is 2.82 bits per heavy atom. The average molecular weight is 461 g/mol. The molecule has 2 N–H and O–H groups in total. The van der Waals surface area contributed by atoms with Crippen molar-refractivity contribution >= 4 is 22.7 Å². The summed E-state index contributed by atoms with van der Waals surface area (Å²) in [6.07, 6.45) is 1.60. The van der Waals surface area contributed by atoms with Crippen molar-refractivity contribution in [1.82, 2.24) is 25.0 Å². The van der Waals surface area contributed by atoms with E-state index in [4.69, 9.17) is 0 Å². The standard InChI is InChI=1S/C22H22F3N5O3/c1-29(22(6-7-22)11-33-21(24)25)20(32)18-13-10-30(8-5-16(13)27-28-18)19(31)17-9-12-14(23)3-2-4-15(12)26-17/h2-4,9,21,26H,5-8,10-11H2,1H3,(H,27,28). The first-order valence-electron chi connectivity index (χ1n) is 10.6. The van der Waals surface area contributed by atoms with E-state index in [1.165, 1.54) is 17.0 Å². The Morgan fingerprint density at radius 1 is 1.33 bits per heavy atom. The molecule has 1 fully saturated rings. The molecule has 0 spiro atoms. The smallest absolute Gasteiger partial charge is 0.345 e. The van der Waals surface area contributed by atoms with Gasteiger partial charge >= 0.3 is 6.61 Å². The Hall–Kier alpha value is -3.34. The lowest BCUT2D eigenvalue weighted by atomic mass is 10.0. The zero-order valence-electron chi connectivity index (χ0n) is 17.8. The molecule has 8 nitrogen and oxygen atoms in total. The number of hydrogen-bond donors (Lipinski definition) is 2. The van der Waals surface area contributed by atoms with Gasteiger partial charge in [-0.3, -0.25) is 14.7 Å². The van der Waals surface area contributed by atoms with Gasteiger partial charge in [0.1, 0.15) is 11.5 Å². The fraction of sp³-hybridized carbons (Fsp3) is 0.409. The third-order valence-corrected chi connectivity index (χ3v) is 6.59. The summed E-state index contributed by atoms with van der Waals surface area (Å²) in [7, 11) is 1.55. The molecule has 11 heteroatoms. The van der Waals surface area contributed by atoms with E-state index in [1.54, 1.807) is 24.1 Å². The quantitative estimate of drug-likeness (QED) is 0.590. The molecule has 1 aromatic carbocycles. The number of hydrogen-bond acceptors (Lipinski definition) is 4. The van der Waals surface area contributed by atoms with Gasteiger partial charge in [0.2, 0.25) is 0 Å². The van der Waals surface area contributed by atoms with Gasteiger partial charge in [-0.25, -0.2) is 4.39 Å². The largest absolute Gasteiger partial charge is 0.350 e. The second-order valence-electron chi connectivity index (χ2n) is 8.55. The van der Waals surface area contributed by atoms with Crippen LogP contribution in [-0.2, 0) is 17.7 Å². The van der Waals surface area contributed by atoms with Crippen molar-refractivity contribution in [3.05, 3.63) is 52.7 Å². The maximum Gasteiger partial charge on any atom is 0.345 e. The molecular weight excluding hydrogens is 439 g/mol. The van der Waals surface area contributed by atoms with Crippen LogP contribution in [0, 0.1) is 5.82 Å². The minimum atomic E-state index is -2.90. The number of likely N-dealkylation sites (N-methyl/N-ethyl adjacent to an activating group) is 1. The van der Waals surface area contributed by atoms with Gasteiger partial charge < -0.3 is 19.5 Å². The van der Waals surface area contributed by atoms with Crippen molar-refractivity contribution in [2.24, 2.45) is 0 Å². The predicted molar refractivity (Wildman–Crippen MR) is 111 cm³/mol. The first-order chi connectivity index (χ1) is 15.8. The molecule has 1 aliphatic carbocycles. The van der Waals surface area contributed by atoms with Crippen LogP contribution in [0.2, 0.25) is 0 Å². The Kier molecular flexibility index (Phi) is 5.15. The lowest BCUT2D eigenvalue weighted by Gasteiger charge is -2.29. The van der Waals surface area contributed by atoms with Crippen LogP contribution in [0.5, 0.6) is 0 Å². The number of benzene rings is 1. The second kappa shape index (κ2) is 7.91. The van der Waals surface area contributed by atoms with E-state index in [0.717, 1.165) is 5.69 Å². The minimum absolute atomic E-state index is 0.151. The minimum Gasteiger partial charge on any atom is -0.350 e. The number of nitrogens with zero attached hydrogens (tertiary/aromatic N) is 3. The first kappa shape index (κ1) is 21.5. The van der Waals surface area contributed by atoms with Gasteiger partial charge in [-0.1, -0.05) is 6.07 Å². The van der Waals surface area contributed by atoms with E-state index in [0.29, 0.717) is 42.3 Å². The van der Waals surface area contributed by atoms with Crippen molar-refractivity contribution in [2.75, 3.05) is 20.2 Å². The molecule has 5 rings (SSSR count). The number of aromatic amines is 2. The van der Waals surface area contributed by atoms with Crippen LogP contribution in [0.3, 0.4) is 0 Å². The van der Waals surface area contributed by atoms with Crippen molar-refractivity contribution < 1.29 is 27.5 Å². The number of rotatable bonds is 6. The molecule has 0 saturated heterocycles. The molecular formula is C22H22F3N5O3. The van der Waals surface area contributed by atoms with Crippen LogP contribution in [0.15, 0.2) is 24.3 Å². The lowest BCUT2D eigenvalue weighted by molar-refractivity contribution is -0.141. The van der Waals surface area contributed by atoms with E-state index < -0.39 is 23.9 Å². The molecule has 0 bridgehead atoms. The van der Waals surface area contributed by atoms with Gasteiger partial charge in [-0.05, 0) is 31.0 Å². The summed E-state index contributed by atoms with van der Waals surface area (Å²) in [6.45, 7) is -2.60. The van der Waals surface area contributed by atoms with Crippen molar-refractivity contribution in [3.8, 4) is 0 Å². The van der Waals surface area contributed by atoms with Gasteiger partial charge in [0, 0.05) is 42.2 Å². The molecule has 3 aromatic rings. The molecule has 33 heavy (non-hydrogen) atoms. The number of halogens is 3. The summed E-state index contributed by atoms with van der Waals surface area (Å²) in [5, 5.41) is 7.37. The van der Waals surface area contributed by atoms with Crippen molar-refractivity contribution in [2.45, 2.75) is 38.0 Å². The number of fused-ring (bicyclic) bond motifs is 2. The fourth-order valence-electron chi connectivity index (χ4n) is 4.36. The molecule has 0 radical (unpaired) electrons. The highest BCUT2D eigenvalue weighted by Gasteiger charge is 2.50. The Labute approximate surface area is 186 Å². The van der Waals surface area contributed by atoms with E-state index in [1.807, 2.05) is 0 Å². The first-order valence-corrected chi connectivity index (χ1v) is 10.6. The average Bonchev–Trinajstić information content (AvgIpc) is 3.27. The second-order valence-corrected chi connectivity index (χ2v) is 8.55. The van der Waals surface area contributed by atoms with Gasteiger partial charge in [0.25, 0.3) is 11.8 Å². The number of nitrogens with one attached hydrogen (secondary N) is 2. The predicted octanol–water partition coefficient (Wildman–Crippen LogP) is 3.07. The van der Waals surface area contributed by atoms with Crippen LogP contribution in [0.1, 0.15) is 45.1 Å². The Balaban J connectivity index is 1.35. The number of alkyl halides is 2. The number of carbonyl (C=O) groups is 2. The summed E-state index contributed by atoms with van der Waals surface area (Å²) < 4.78 is 43.5. The van der Waals surface area contributed by atoms with Crippen LogP contribution in [-0.4, -0.2) is 69.1 Å². The molecule has 2 aliphatic rings. The van der Waals surface area contributed by atoms with E-state index in [9.17, 15) is 22.8 Å². The molecule has 1 aliphatic heterocycles. The number of ether oxygens (including phenoxy) is 1. The van der Waals surface area contributed by atoms with Gasteiger partial charge in [0.15, 0.2) is 5.69 Å². The van der Waals surface area contributed by atoms with Crippen LogP contribution in [0.25, 0.3) is 10.9 Å². The summed E-state index contributed by atoms with van der Waals surface area (Å²) in [4.78, 5) is 32.2. The summed E-state index contributed by atoms with van der Waals surface area (Å²) >= 11 is 0. The molecule has 0 unspecified atom stereocenters. The molecule has 174 valence electrons. The lowest BCUT2D eigenvalue weighted by Crippen LogP contribution is -2.43. The summed E-state index contributed by atoms with van der Waals surface area (Å²) in [5.41, 5.74) is 1.53. The highest BCUT2D eigenvalue weighted by Crippen LogP contribution is 2.42.